The number of fused-ring (bicyclic) bond motifs is 3. The van der Waals surface area contributed by atoms with Crippen molar-refractivity contribution in [1.82, 2.24) is 10.3 Å². The van der Waals surface area contributed by atoms with Gasteiger partial charge in [0.2, 0.25) is 0 Å². The third-order valence-corrected chi connectivity index (χ3v) is 4.96. The molecule has 0 radical (unpaired) electrons. The molecule has 7 heteroatoms. The summed E-state index contributed by atoms with van der Waals surface area (Å²) in [6, 6.07) is 8.56. The molecule has 2 N–H and O–H groups in total. The molecule has 1 heterocycles. The highest BCUT2D eigenvalue weighted by Gasteiger charge is 2.30. The van der Waals surface area contributed by atoms with E-state index in [1.165, 1.54) is 24.3 Å². The Morgan fingerprint density at radius 1 is 1.11 bits per heavy atom. The molecule has 0 aliphatic heterocycles. The lowest BCUT2D eigenvalue weighted by Crippen LogP contribution is -2.38. The molecule has 1 atom stereocenters. The molecule has 2 aromatic carbocycles. The van der Waals surface area contributed by atoms with E-state index < -0.39 is 17.6 Å². The van der Waals surface area contributed by atoms with Crippen molar-refractivity contribution < 1.29 is 22.4 Å². The zero-order valence-electron chi connectivity index (χ0n) is 14.2. The minimum atomic E-state index is -4.43. The molecule has 1 amide bonds. The number of aromatic amines is 1. The minimum Gasteiger partial charge on any atom is -0.358 e. The number of carbonyl (C=O) groups excluding carboxylic acids is 1. The van der Waals surface area contributed by atoms with E-state index in [4.69, 9.17) is 0 Å². The van der Waals surface area contributed by atoms with Crippen LogP contribution in [0.3, 0.4) is 0 Å². The second-order valence-electron chi connectivity index (χ2n) is 6.76. The summed E-state index contributed by atoms with van der Waals surface area (Å²) in [7, 11) is 0. The SMILES string of the molecule is O=C(NC1CCc2[nH]c3ccc(F)cc3c2C1)c1ccc(C(F)(F)F)cc1. The Balaban J connectivity index is 1.50. The van der Waals surface area contributed by atoms with Crippen LogP contribution in [0.5, 0.6) is 0 Å². The Morgan fingerprint density at radius 2 is 1.85 bits per heavy atom. The summed E-state index contributed by atoms with van der Waals surface area (Å²) in [5.41, 5.74) is 2.26. The lowest BCUT2D eigenvalue weighted by atomic mass is 9.91. The van der Waals surface area contributed by atoms with Crippen molar-refractivity contribution in [2.24, 2.45) is 0 Å². The number of aryl methyl sites for hydroxylation is 1. The third kappa shape index (κ3) is 3.41. The maximum atomic E-state index is 13.6. The number of amides is 1. The number of nitrogens with one attached hydrogen (secondary N) is 2. The van der Waals surface area contributed by atoms with E-state index >= 15 is 0 Å². The van der Waals surface area contributed by atoms with Crippen LogP contribution in [0.15, 0.2) is 42.5 Å². The first kappa shape index (κ1) is 17.6. The molecule has 0 saturated heterocycles. The number of benzene rings is 2. The lowest BCUT2D eigenvalue weighted by molar-refractivity contribution is -0.137. The van der Waals surface area contributed by atoms with Gasteiger partial charge in [-0.3, -0.25) is 4.79 Å². The maximum Gasteiger partial charge on any atom is 0.416 e. The summed E-state index contributed by atoms with van der Waals surface area (Å²) >= 11 is 0. The van der Waals surface area contributed by atoms with E-state index in [0.29, 0.717) is 19.3 Å². The Kier molecular flexibility index (Phi) is 4.17. The van der Waals surface area contributed by atoms with Gasteiger partial charge in [-0.1, -0.05) is 0 Å². The smallest absolute Gasteiger partial charge is 0.358 e. The summed E-state index contributed by atoms with van der Waals surface area (Å²) in [6.45, 7) is 0. The Hall–Kier alpha value is -2.83. The van der Waals surface area contributed by atoms with E-state index in [1.54, 1.807) is 6.07 Å². The molecule has 1 unspecified atom stereocenters. The molecule has 27 heavy (non-hydrogen) atoms. The van der Waals surface area contributed by atoms with Crippen molar-refractivity contribution in [3.63, 3.8) is 0 Å². The molecule has 0 bridgehead atoms. The Bertz CT molecular complexity index is 1010. The van der Waals surface area contributed by atoms with E-state index in [2.05, 4.69) is 10.3 Å². The third-order valence-electron chi connectivity index (χ3n) is 4.96. The van der Waals surface area contributed by atoms with Crippen molar-refractivity contribution in [3.8, 4) is 0 Å². The fraction of sp³-hybridized carbons (Fsp3) is 0.250. The standard InChI is InChI=1S/C20H16F4N2O/c21-13-5-7-17-15(9-13)16-10-14(6-8-18(16)26-17)25-19(27)11-1-3-12(4-2-11)20(22,23)24/h1-5,7,9,14,26H,6,8,10H2,(H,25,27). The number of halogens is 4. The van der Waals surface area contributed by atoms with Gasteiger partial charge in [-0.15, -0.1) is 0 Å². The molecular weight excluding hydrogens is 360 g/mol. The van der Waals surface area contributed by atoms with Gasteiger partial charge >= 0.3 is 6.18 Å². The number of alkyl halides is 3. The van der Waals surface area contributed by atoms with Gasteiger partial charge in [-0.05, 0) is 67.3 Å². The summed E-state index contributed by atoms with van der Waals surface area (Å²) in [4.78, 5) is 15.7. The minimum absolute atomic E-state index is 0.158. The molecule has 0 saturated carbocycles. The molecule has 4 rings (SSSR count). The molecular formula is C20H16F4N2O. The average molecular weight is 376 g/mol. The molecule has 0 spiro atoms. The zero-order chi connectivity index (χ0) is 19.2. The van der Waals surface area contributed by atoms with Crippen LogP contribution >= 0.6 is 0 Å². The number of rotatable bonds is 2. The number of hydrogen-bond acceptors (Lipinski definition) is 1. The highest BCUT2D eigenvalue weighted by Crippen LogP contribution is 2.31. The second kappa shape index (κ2) is 6.40. The Labute approximate surface area is 152 Å². The fourth-order valence-electron chi connectivity index (χ4n) is 3.59. The van der Waals surface area contributed by atoms with Crippen molar-refractivity contribution in [2.75, 3.05) is 0 Å². The Morgan fingerprint density at radius 3 is 2.56 bits per heavy atom. The van der Waals surface area contributed by atoms with Gasteiger partial charge in [0.25, 0.3) is 5.91 Å². The van der Waals surface area contributed by atoms with Crippen LogP contribution in [-0.4, -0.2) is 16.9 Å². The van der Waals surface area contributed by atoms with Crippen LogP contribution in [0, 0.1) is 5.82 Å². The number of hydrogen-bond donors (Lipinski definition) is 2. The first-order valence-corrected chi connectivity index (χ1v) is 8.58. The van der Waals surface area contributed by atoms with Crippen LogP contribution in [-0.2, 0) is 19.0 Å². The quantitative estimate of drug-likeness (QED) is 0.630. The van der Waals surface area contributed by atoms with Crippen molar-refractivity contribution in [1.29, 1.82) is 0 Å². The first-order valence-electron chi connectivity index (χ1n) is 8.58. The number of H-pyrrole nitrogens is 1. The summed E-state index contributed by atoms with van der Waals surface area (Å²) in [5, 5.41) is 3.68. The zero-order valence-corrected chi connectivity index (χ0v) is 14.2. The van der Waals surface area contributed by atoms with E-state index in [0.717, 1.165) is 34.3 Å². The van der Waals surface area contributed by atoms with Crippen molar-refractivity contribution >= 4 is 16.8 Å². The lowest BCUT2D eigenvalue weighted by Gasteiger charge is -2.23. The molecule has 3 aromatic rings. The monoisotopic (exact) mass is 376 g/mol. The fourth-order valence-corrected chi connectivity index (χ4v) is 3.59. The molecule has 0 fully saturated rings. The van der Waals surface area contributed by atoms with E-state index in [1.807, 2.05) is 0 Å². The van der Waals surface area contributed by atoms with Gasteiger partial charge in [0, 0.05) is 28.2 Å². The van der Waals surface area contributed by atoms with Crippen LogP contribution in [0.1, 0.15) is 33.6 Å². The van der Waals surface area contributed by atoms with Crippen molar-refractivity contribution in [3.05, 3.63) is 70.7 Å². The number of aromatic nitrogens is 1. The van der Waals surface area contributed by atoms with Gasteiger partial charge in [-0.25, -0.2) is 4.39 Å². The molecule has 1 aliphatic carbocycles. The van der Waals surface area contributed by atoms with Crippen LogP contribution < -0.4 is 5.32 Å². The molecule has 140 valence electrons. The number of carbonyl (C=O) groups is 1. The van der Waals surface area contributed by atoms with Crippen LogP contribution in [0.2, 0.25) is 0 Å². The average Bonchev–Trinajstić information content (AvgIpc) is 2.98. The molecule has 1 aliphatic rings. The summed E-state index contributed by atoms with van der Waals surface area (Å²) < 4.78 is 51.5. The van der Waals surface area contributed by atoms with Gasteiger partial charge in [0.1, 0.15) is 5.82 Å². The van der Waals surface area contributed by atoms with Gasteiger partial charge in [0.05, 0.1) is 5.56 Å². The summed E-state index contributed by atoms with van der Waals surface area (Å²) in [6.07, 6.45) is -2.47. The highest BCUT2D eigenvalue weighted by atomic mass is 19.4. The maximum absolute atomic E-state index is 13.6. The van der Waals surface area contributed by atoms with Gasteiger partial charge in [-0.2, -0.15) is 13.2 Å². The predicted molar refractivity (Wildman–Crippen MR) is 93.0 cm³/mol. The second-order valence-corrected chi connectivity index (χ2v) is 6.76. The van der Waals surface area contributed by atoms with E-state index in [9.17, 15) is 22.4 Å². The van der Waals surface area contributed by atoms with Crippen molar-refractivity contribution in [2.45, 2.75) is 31.5 Å². The highest BCUT2D eigenvalue weighted by molar-refractivity contribution is 5.94. The first-order chi connectivity index (χ1) is 12.8. The van der Waals surface area contributed by atoms with Crippen LogP contribution in [0.25, 0.3) is 10.9 Å². The van der Waals surface area contributed by atoms with E-state index in [-0.39, 0.29) is 17.4 Å². The van der Waals surface area contributed by atoms with Gasteiger partial charge in [0.15, 0.2) is 0 Å². The topological polar surface area (TPSA) is 44.9 Å². The largest absolute Gasteiger partial charge is 0.416 e. The normalized spacial score (nSPS) is 17.0. The van der Waals surface area contributed by atoms with Crippen LogP contribution in [0.4, 0.5) is 17.6 Å². The van der Waals surface area contributed by atoms with Gasteiger partial charge < -0.3 is 10.3 Å². The molecule has 1 aromatic heterocycles. The predicted octanol–water partition coefficient (Wildman–Crippen LogP) is 4.61. The summed E-state index contributed by atoms with van der Waals surface area (Å²) in [5.74, 6) is -0.733. The molecule has 3 nitrogen and oxygen atoms in total.